The average molecular weight is 394 g/mol. The van der Waals surface area contributed by atoms with Crippen LogP contribution in [0.5, 0.6) is 11.5 Å². The summed E-state index contributed by atoms with van der Waals surface area (Å²) < 4.78 is 16.5. The van der Waals surface area contributed by atoms with Crippen molar-refractivity contribution in [1.29, 1.82) is 0 Å². The molecule has 0 atom stereocenters. The molecule has 0 saturated carbocycles. The quantitative estimate of drug-likeness (QED) is 0.561. The molecule has 2 aromatic carbocycles. The molecule has 3 aromatic rings. The first kappa shape index (κ1) is 20.5. The fourth-order valence-electron chi connectivity index (χ4n) is 3.01. The van der Waals surface area contributed by atoms with Crippen LogP contribution in [0.3, 0.4) is 0 Å². The minimum atomic E-state index is -0.0679. The Balaban J connectivity index is 1.63. The van der Waals surface area contributed by atoms with Crippen LogP contribution < -0.4 is 9.47 Å². The first-order valence-electron chi connectivity index (χ1n) is 9.59. The zero-order chi connectivity index (χ0) is 20.8. The van der Waals surface area contributed by atoms with Gasteiger partial charge in [0.2, 0.25) is 0 Å². The van der Waals surface area contributed by atoms with Crippen molar-refractivity contribution in [2.24, 2.45) is 0 Å². The van der Waals surface area contributed by atoms with E-state index in [0.717, 1.165) is 28.3 Å². The van der Waals surface area contributed by atoms with Gasteiger partial charge in [0.05, 0.1) is 17.9 Å². The van der Waals surface area contributed by atoms with Crippen molar-refractivity contribution in [3.05, 3.63) is 76.7 Å². The second kappa shape index (κ2) is 9.28. The molecule has 6 nitrogen and oxygen atoms in total. The monoisotopic (exact) mass is 394 g/mol. The highest BCUT2D eigenvalue weighted by Crippen LogP contribution is 2.20. The van der Waals surface area contributed by atoms with Crippen molar-refractivity contribution in [1.82, 2.24) is 10.1 Å². The van der Waals surface area contributed by atoms with Crippen molar-refractivity contribution < 1.29 is 18.8 Å². The van der Waals surface area contributed by atoms with Gasteiger partial charge in [-0.05, 0) is 56.7 Å². The van der Waals surface area contributed by atoms with E-state index in [1.54, 1.807) is 24.1 Å². The number of rotatable bonds is 8. The van der Waals surface area contributed by atoms with Crippen LogP contribution in [0.15, 0.2) is 53.1 Å². The van der Waals surface area contributed by atoms with E-state index < -0.39 is 0 Å². The summed E-state index contributed by atoms with van der Waals surface area (Å²) in [6, 6.07) is 15.0. The summed E-state index contributed by atoms with van der Waals surface area (Å²) in [6.45, 7) is 7.18. The maximum Gasteiger partial charge on any atom is 0.254 e. The number of carbonyl (C=O) groups is 1. The average Bonchev–Trinajstić information content (AvgIpc) is 3.05. The summed E-state index contributed by atoms with van der Waals surface area (Å²) in [5.41, 5.74) is 3.35. The second-order valence-electron chi connectivity index (χ2n) is 6.86. The Hall–Kier alpha value is -3.28. The molecule has 0 N–H and O–H groups in total. The molecule has 0 aliphatic heterocycles. The van der Waals surface area contributed by atoms with E-state index in [4.69, 9.17) is 14.0 Å². The minimum absolute atomic E-state index is 0.0679. The molecule has 0 bridgehead atoms. The first-order valence-corrected chi connectivity index (χ1v) is 9.59. The van der Waals surface area contributed by atoms with Crippen LogP contribution in [0.25, 0.3) is 0 Å². The second-order valence-corrected chi connectivity index (χ2v) is 6.86. The number of ether oxygens (including phenoxy) is 2. The van der Waals surface area contributed by atoms with E-state index in [2.05, 4.69) is 5.16 Å². The van der Waals surface area contributed by atoms with Gasteiger partial charge in [0, 0.05) is 19.2 Å². The van der Waals surface area contributed by atoms with Gasteiger partial charge in [-0.3, -0.25) is 4.79 Å². The number of aromatic nitrogens is 1. The maximum absolute atomic E-state index is 12.8. The Bertz CT molecular complexity index is 944. The van der Waals surface area contributed by atoms with Crippen LogP contribution in [-0.2, 0) is 13.2 Å². The van der Waals surface area contributed by atoms with E-state index in [0.29, 0.717) is 31.1 Å². The van der Waals surface area contributed by atoms with Crippen molar-refractivity contribution in [3.63, 3.8) is 0 Å². The van der Waals surface area contributed by atoms with Gasteiger partial charge in [0.15, 0.2) is 0 Å². The van der Waals surface area contributed by atoms with Crippen molar-refractivity contribution in [2.45, 2.75) is 33.9 Å². The highest BCUT2D eigenvalue weighted by molar-refractivity contribution is 5.94. The number of aryl methyl sites for hydroxylation is 2. The molecule has 0 radical (unpaired) electrons. The zero-order valence-electron chi connectivity index (χ0n) is 17.3. The summed E-state index contributed by atoms with van der Waals surface area (Å²) in [5, 5.41) is 3.93. The number of carbonyl (C=O) groups excluding carboxylic acids is 1. The lowest BCUT2D eigenvalue weighted by atomic mass is 10.1. The number of hydrogen-bond acceptors (Lipinski definition) is 5. The molecule has 3 rings (SSSR count). The molecule has 0 unspecified atom stereocenters. The fourth-order valence-corrected chi connectivity index (χ4v) is 3.01. The summed E-state index contributed by atoms with van der Waals surface area (Å²) in [7, 11) is 1.79. The topological polar surface area (TPSA) is 64.8 Å². The lowest BCUT2D eigenvalue weighted by Crippen LogP contribution is -2.26. The Labute approximate surface area is 171 Å². The molecule has 1 heterocycles. The molecule has 0 saturated heterocycles. The van der Waals surface area contributed by atoms with Gasteiger partial charge in [0.1, 0.15) is 23.9 Å². The van der Waals surface area contributed by atoms with Crippen LogP contribution in [0.4, 0.5) is 0 Å². The van der Waals surface area contributed by atoms with E-state index in [-0.39, 0.29) is 5.91 Å². The van der Waals surface area contributed by atoms with Crippen LogP contribution in [0, 0.1) is 13.8 Å². The van der Waals surface area contributed by atoms with Gasteiger partial charge < -0.3 is 18.9 Å². The Morgan fingerprint density at radius 1 is 1.07 bits per heavy atom. The minimum Gasteiger partial charge on any atom is -0.494 e. The number of hydrogen-bond donors (Lipinski definition) is 0. The molecule has 1 aromatic heterocycles. The van der Waals surface area contributed by atoms with Gasteiger partial charge >= 0.3 is 0 Å². The Morgan fingerprint density at radius 2 is 1.83 bits per heavy atom. The van der Waals surface area contributed by atoms with Gasteiger partial charge in [-0.1, -0.05) is 23.4 Å². The Morgan fingerprint density at radius 3 is 2.48 bits per heavy atom. The summed E-state index contributed by atoms with van der Waals surface area (Å²) >= 11 is 0. The lowest BCUT2D eigenvalue weighted by molar-refractivity contribution is 0.0784. The molecule has 6 heteroatoms. The van der Waals surface area contributed by atoms with Gasteiger partial charge in [-0.2, -0.15) is 0 Å². The number of nitrogens with zero attached hydrogens (tertiary/aromatic N) is 2. The van der Waals surface area contributed by atoms with E-state index in [1.165, 1.54) is 0 Å². The van der Waals surface area contributed by atoms with Crippen LogP contribution >= 0.6 is 0 Å². The van der Waals surface area contributed by atoms with E-state index in [9.17, 15) is 4.79 Å². The predicted octanol–water partition coefficient (Wildman–Crippen LogP) is 4.54. The molecule has 0 fully saturated rings. The van der Waals surface area contributed by atoms with Gasteiger partial charge in [0.25, 0.3) is 5.91 Å². The normalized spacial score (nSPS) is 10.6. The molecule has 0 aliphatic rings. The third-order valence-electron chi connectivity index (χ3n) is 4.65. The van der Waals surface area contributed by atoms with Crippen molar-refractivity contribution in [2.75, 3.05) is 13.7 Å². The third kappa shape index (κ3) is 5.16. The van der Waals surface area contributed by atoms with E-state index >= 15 is 0 Å². The SMILES string of the molecule is CCOc1ccc(CN(C)C(=O)c2cccc(OCc3c(C)noc3C)c2)cc1. The molecular weight excluding hydrogens is 368 g/mol. The lowest BCUT2D eigenvalue weighted by Gasteiger charge is -2.18. The highest BCUT2D eigenvalue weighted by Gasteiger charge is 2.14. The smallest absolute Gasteiger partial charge is 0.254 e. The van der Waals surface area contributed by atoms with E-state index in [1.807, 2.05) is 57.2 Å². The van der Waals surface area contributed by atoms with Crippen LogP contribution in [0.2, 0.25) is 0 Å². The summed E-state index contributed by atoms with van der Waals surface area (Å²) in [6.07, 6.45) is 0. The molecule has 0 aliphatic carbocycles. The molecule has 1 amide bonds. The molecule has 0 spiro atoms. The third-order valence-corrected chi connectivity index (χ3v) is 4.65. The van der Waals surface area contributed by atoms with Crippen molar-refractivity contribution >= 4 is 5.91 Å². The fraction of sp³-hybridized carbons (Fsp3) is 0.304. The summed E-state index contributed by atoms with van der Waals surface area (Å²) in [4.78, 5) is 14.5. The maximum atomic E-state index is 12.8. The Kier molecular flexibility index (Phi) is 6.54. The number of benzene rings is 2. The van der Waals surface area contributed by atoms with Gasteiger partial charge in [-0.15, -0.1) is 0 Å². The van der Waals surface area contributed by atoms with Gasteiger partial charge in [-0.25, -0.2) is 0 Å². The predicted molar refractivity (Wildman–Crippen MR) is 110 cm³/mol. The molecule has 152 valence electrons. The molecular formula is C23H26N2O4. The number of amides is 1. The largest absolute Gasteiger partial charge is 0.494 e. The highest BCUT2D eigenvalue weighted by atomic mass is 16.5. The molecule has 29 heavy (non-hydrogen) atoms. The van der Waals surface area contributed by atoms with Crippen molar-refractivity contribution in [3.8, 4) is 11.5 Å². The van der Waals surface area contributed by atoms with Crippen LogP contribution in [-0.4, -0.2) is 29.6 Å². The zero-order valence-corrected chi connectivity index (χ0v) is 17.3. The standard InChI is InChI=1S/C23H26N2O4/c1-5-27-20-11-9-18(10-12-20)14-25(4)23(26)19-7-6-8-21(13-19)28-15-22-16(2)24-29-17(22)3/h6-13H,5,14-15H2,1-4H3. The summed E-state index contributed by atoms with van der Waals surface area (Å²) in [5.74, 6) is 2.13. The van der Waals surface area contributed by atoms with Crippen LogP contribution in [0.1, 0.15) is 39.9 Å². The first-order chi connectivity index (χ1) is 14.0.